The van der Waals surface area contributed by atoms with Gasteiger partial charge in [-0.1, -0.05) is 19.9 Å². The van der Waals surface area contributed by atoms with Crippen LogP contribution in [-0.2, 0) is 11.2 Å². The lowest BCUT2D eigenvalue weighted by Crippen LogP contribution is -2.41. The molecule has 0 saturated carbocycles. The molecule has 0 aliphatic heterocycles. The van der Waals surface area contributed by atoms with Gasteiger partial charge >= 0.3 is 0 Å². The Morgan fingerprint density at radius 1 is 1.29 bits per heavy atom. The molecule has 0 bridgehead atoms. The normalized spacial score (nSPS) is 11.5. The third-order valence-corrected chi connectivity index (χ3v) is 3.54. The molecule has 134 valence electrons. The predicted molar refractivity (Wildman–Crippen MR) is 96.7 cm³/mol. The molecule has 1 aromatic carbocycles. The quantitative estimate of drug-likeness (QED) is 0.591. The Morgan fingerprint density at radius 3 is 2.58 bits per heavy atom. The van der Waals surface area contributed by atoms with Crippen molar-refractivity contribution in [3.05, 3.63) is 35.1 Å². The minimum Gasteiger partial charge on any atom is -0.356 e. The fourth-order valence-electron chi connectivity index (χ4n) is 2.02. The van der Waals surface area contributed by atoms with Crippen molar-refractivity contribution in [2.45, 2.75) is 27.2 Å². The van der Waals surface area contributed by atoms with Crippen LogP contribution in [0.25, 0.3) is 0 Å². The molecule has 0 atom stereocenters. The number of carbonyl (C=O) groups is 1. The second-order valence-electron chi connectivity index (χ2n) is 6.48. The van der Waals surface area contributed by atoms with E-state index in [1.165, 1.54) is 17.0 Å². The summed E-state index contributed by atoms with van der Waals surface area (Å²) in [5.74, 6) is 0.835. The van der Waals surface area contributed by atoms with Crippen LogP contribution >= 0.6 is 0 Å². The lowest BCUT2D eigenvalue weighted by Gasteiger charge is -2.15. The number of guanidine groups is 1. The van der Waals surface area contributed by atoms with Gasteiger partial charge in [-0.05, 0) is 42.5 Å². The molecule has 0 fully saturated rings. The van der Waals surface area contributed by atoms with Gasteiger partial charge in [0, 0.05) is 27.2 Å². The van der Waals surface area contributed by atoms with Crippen molar-refractivity contribution < 1.29 is 9.18 Å². The average Bonchev–Trinajstić information content (AvgIpc) is 2.50. The van der Waals surface area contributed by atoms with Gasteiger partial charge in [0.25, 0.3) is 0 Å². The van der Waals surface area contributed by atoms with Crippen LogP contribution < -0.4 is 10.6 Å². The van der Waals surface area contributed by atoms with Crippen molar-refractivity contribution in [3.8, 4) is 0 Å². The minimum atomic E-state index is -0.216. The third kappa shape index (κ3) is 7.44. The highest BCUT2D eigenvalue weighted by molar-refractivity contribution is 5.84. The molecule has 0 radical (unpaired) electrons. The van der Waals surface area contributed by atoms with Gasteiger partial charge in [0.05, 0.1) is 0 Å². The second-order valence-corrected chi connectivity index (χ2v) is 6.48. The van der Waals surface area contributed by atoms with E-state index in [0.29, 0.717) is 18.4 Å². The topological polar surface area (TPSA) is 56.7 Å². The number of likely N-dealkylation sites (N-methyl/N-ethyl adjacent to an activating group) is 1. The Kier molecular flexibility index (Phi) is 8.22. The molecule has 0 saturated heterocycles. The highest BCUT2D eigenvalue weighted by Gasteiger charge is 2.06. The third-order valence-electron chi connectivity index (χ3n) is 3.54. The number of carbonyl (C=O) groups excluding carboxylic acids is 1. The maximum absolute atomic E-state index is 13.1. The van der Waals surface area contributed by atoms with Crippen LogP contribution in [0.4, 0.5) is 4.39 Å². The largest absolute Gasteiger partial charge is 0.356 e. The van der Waals surface area contributed by atoms with Crippen molar-refractivity contribution in [2.24, 2.45) is 10.9 Å². The van der Waals surface area contributed by atoms with Crippen molar-refractivity contribution in [3.63, 3.8) is 0 Å². The number of amides is 1. The number of halogens is 1. The Hall–Kier alpha value is -2.11. The molecule has 6 heteroatoms. The number of aliphatic imine (C=N–C) groups is 1. The summed E-state index contributed by atoms with van der Waals surface area (Å²) >= 11 is 0. The average molecular weight is 336 g/mol. The van der Waals surface area contributed by atoms with Crippen LogP contribution in [0.5, 0.6) is 0 Å². The standard InChI is InChI=1S/C18H29FN4O/c1-13(2)11-21-18(22-12-17(24)23(4)5)20-9-8-15-6-7-16(19)10-14(15)3/h6-7,10,13H,8-9,11-12H2,1-5H3,(H2,20,21,22). The van der Waals surface area contributed by atoms with Gasteiger partial charge in [-0.3, -0.25) is 4.79 Å². The molecule has 0 spiro atoms. The fourth-order valence-corrected chi connectivity index (χ4v) is 2.02. The first-order chi connectivity index (χ1) is 11.3. The summed E-state index contributed by atoms with van der Waals surface area (Å²) in [6.45, 7) is 7.66. The molecule has 1 aromatic rings. The molecule has 0 aliphatic rings. The van der Waals surface area contributed by atoms with Crippen LogP contribution in [-0.4, -0.2) is 50.5 Å². The zero-order valence-corrected chi connectivity index (χ0v) is 15.3. The fraction of sp³-hybridized carbons (Fsp3) is 0.556. The molecule has 0 heterocycles. The summed E-state index contributed by atoms with van der Waals surface area (Å²) in [6, 6.07) is 4.82. The molecule has 0 unspecified atom stereocenters. The highest BCUT2D eigenvalue weighted by Crippen LogP contribution is 2.10. The van der Waals surface area contributed by atoms with E-state index in [4.69, 9.17) is 0 Å². The van der Waals surface area contributed by atoms with E-state index < -0.39 is 0 Å². The van der Waals surface area contributed by atoms with Crippen molar-refractivity contribution >= 4 is 11.9 Å². The van der Waals surface area contributed by atoms with Gasteiger partial charge in [0.15, 0.2) is 5.96 Å². The van der Waals surface area contributed by atoms with E-state index in [9.17, 15) is 9.18 Å². The summed E-state index contributed by atoms with van der Waals surface area (Å²) in [7, 11) is 3.42. The number of hydrogen-bond acceptors (Lipinski definition) is 2. The molecular weight excluding hydrogens is 307 g/mol. The summed E-state index contributed by atoms with van der Waals surface area (Å²) in [5.41, 5.74) is 2.03. The van der Waals surface area contributed by atoms with Crippen LogP contribution in [0, 0.1) is 18.7 Å². The van der Waals surface area contributed by atoms with Gasteiger partial charge in [0.1, 0.15) is 12.4 Å². The van der Waals surface area contributed by atoms with E-state index in [2.05, 4.69) is 29.5 Å². The lowest BCUT2D eigenvalue weighted by molar-refractivity contribution is -0.127. The van der Waals surface area contributed by atoms with Crippen molar-refractivity contribution in [2.75, 3.05) is 33.7 Å². The molecule has 0 aliphatic carbocycles. The van der Waals surface area contributed by atoms with Gasteiger partial charge in [-0.15, -0.1) is 0 Å². The zero-order chi connectivity index (χ0) is 18.1. The summed E-state index contributed by atoms with van der Waals surface area (Å²) in [5, 5.41) is 6.47. The van der Waals surface area contributed by atoms with E-state index in [0.717, 1.165) is 24.1 Å². The van der Waals surface area contributed by atoms with Gasteiger partial charge in [-0.25, -0.2) is 9.38 Å². The molecule has 2 N–H and O–H groups in total. The first-order valence-electron chi connectivity index (χ1n) is 8.27. The smallest absolute Gasteiger partial charge is 0.243 e. The molecule has 1 amide bonds. The lowest BCUT2D eigenvalue weighted by atomic mass is 10.1. The van der Waals surface area contributed by atoms with Crippen molar-refractivity contribution in [1.82, 2.24) is 15.5 Å². The first kappa shape index (κ1) is 19.9. The monoisotopic (exact) mass is 336 g/mol. The van der Waals surface area contributed by atoms with Gasteiger partial charge in [-0.2, -0.15) is 0 Å². The van der Waals surface area contributed by atoms with Crippen LogP contribution in [0.3, 0.4) is 0 Å². The van der Waals surface area contributed by atoms with E-state index >= 15 is 0 Å². The SMILES string of the molecule is Cc1cc(F)ccc1CCNC(=NCC(=O)N(C)C)NCC(C)C. The zero-order valence-electron chi connectivity index (χ0n) is 15.3. The minimum absolute atomic E-state index is 0.0463. The Labute approximate surface area is 144 Å². The number of nitrogens with zero attached hydrogens (tertiary/aromatic N) is 2. The summed E-state index contributed by atoms with van der Waals surface area (Å²) < 4.78 is 13.1. The van der Waals surface area contributed by atoms with Crippen LogP contribution in [0.2, 0.25) is 0 Å². The Morgan fingerprint density at radius 2 is 2.00 bits per heavy atom. The first-order valence-corrected chi connectivity index (χ1v) is 8.27. The molecule has 24 heavy (non-hydrogen) atoms. The summed E-state index contributed by atoms with van der Waals surface area (Å²) in [4.78, 5) is 17.5. The number of rotatable bonds is 7. The van der Waals surface area contributed by atoms with Gasteiger partial charge in [0.2, 0.25) is 5.91 Å². The second kappa shape index (κ2) is 9.90. The predicted octanol–water partition coefficient (Wildman–Crippen LogP) is 1.96. The molecular formula is C18H29FN4O. The van der Waals surface area contributed by atoms with Crippen molar-refractivity contribution in [1.29, 1.82) is 0 Å². The van der Waals surface area contributed by atoms with E-state index in [1.807, 2.05) is 6.92 Å². The number of aryl methyl sites for hydroxylation is 1. The van der Waals surface area contributed by atoms with Gasteiger partial charge < -0.3 is 15.5 Å². The summed E-state index contributed by atoms with van der Waals surface area (Å²) in [6.07, 6.45) is 0.760. The molecule has 5 nitrogen and oxygen atoms in total. The highest BCUT2D eigenvalue weighted by atomic mass is 19.1. The van der Waals surface area contributed by atoms with E-state index in [-0.39, 0.29) is 18.3 Å². The number of hydrogen-bond donors (Lipinski definition) is 2. The maximum atomic E-state index is 13.1. The number of nitrogens with one attached hydrogen (secondary N) is 2. The Balaban J connectivity index is 2.60. The maximum Gasteiger partial charge on any atom is 0.243 e. The van der Waals surface area contributed by atoms with E-state index in [1.54, 1.807) is 20.2 Å². The Bertz CT molecular complexity index is 570. The van der Waals surface area contributed by atoms with Crippen LogP contribution in [0.1, 0.15) is 25.0 Å². The molecule has 0 aromatic heterocycles. The number of benzene rings is 1. The molecule has 1 rings (SSSR count). The van der Waals surface area contributed by atoms with Crippen LogP contribution in [0.15, 0.2) is 23.2 Å².